The number of fused-ring (bicyclic) bond motifs is 1. The number of anilines is 1. The van der Waals surface area contributed by atoms with Crippen molar-refractivity contribution in [3.8, 4) is 6.07 Å². The van der Waals surface area contributed by atoms with E-state index in [1.54, 1.807) is 6.07 Å². The van der Waals surface area contributed by atoms with Gasteiger partial charge in [0.25, 0.3) is 0 Å². The second-order valence-corrected chi connectivity index (χ2v) is 7.98. The van der Waals surface area contributed by atoms with E-state index in [9.17, 15) is 10.1 Å². The molecule has 0 amide bonds. The van der Waals surface area contributed by atoms with E-state index in [1.807, 2.05) is 49.4 Å². The summed E-state index contributed by atoms with van der Waals surface area (Å²) in [7, 11) is 0. The number of nitrogens with one attached hydrogen (secondary N) is 1. The SMILES string of the molecule is Cc1c(C(=O)C(C#N)=NNc2ccc(C(C)C)cc2)sc2ccc(Cl)cc12. The van der Waals surface area contributed by atoms with Crippen LogP contribution in [0.4, 0.5) is 5.69 Å². The first-order valence-electron chi connectivity index (χ1n) is 8.47. The Morgan fingerprint density at radius 1 is 1.22 bits per heavy atom. The average molecular weight is 396 g/mol. The van der Waals surface area contributed by atoms with E-state index < -0.39 is 5.78 Å². The first-order chi connectivity index (χ1) is 12.9. The quantitative estimate of drug-likeness (QED) is 0.319. The highest BCUT2D eigenvalue weighted by atomic mass is 35.5. The summed E-state index contributed by atoms with van der Waals surface area (Å²) in [5, 5.41) is 15.0. The molecule has 0 spiro atoms. The number of benzene rings is 2. The van der Waals surface area contributed by atoms with Gasteiger partial charge in [-0.25, -0.2) is 0 Å². The van der Waals surface area contributed by atoms with Gasteiger partial charge in [-0.3, -0.25) is 10.2 Å². The van der Waals surface area contributed by atoms with Crippen LogP contribution in [0.25, 0.3) is 10.1 Å². The maximum absolute atomic E-state index is 12.8. The van der Waals surface area contributed by atoms with Gasteiger partial charge in [0.15, 0.2) is 0 Å². The Bertz CT molecular complexity index is 1080. The van der Waals surface area contributed by atoms with Gasteiger partial charge in [0.05, 0.1) is 10.6 Å². The number of hydrogen-bond donors (Lipinski definition) is 1. The van der Waals surface area contributed by atoms with E-state index in [0.717, 1.165) is 21.3 Å². The van der Waals surface area contributed by atoms with Crippen LogP contribution < -0.4 is 5.43 Å². The average Bonchev–Trinajstić information content (AvgIpc) is 2.98. The van der Waals surface area contributed by atoms with Crippen molar-refractivity contribution in [2.75, 3.05) is 5.43 Å². The first-order valence-corrected chi connectivity index (χ1v) is 9.67. The number of hydrazone groups is 1. The molecular weight excluding hydrogens is 378 g/mol. The maximum atomic E-state index is 12.8. The summed E-state index contributed by atoms with van der Waals surface area (Å²) < 4.78 is 0.953. The zero-order valence-corrected chi connectivity index (χ0v) is 16.8. The van der Waals surface area contributed by atoms with Crippen molar-refractivity contribution in [3.63, 3.8) is 0 Å². The van der Waals surface area contributed by atoms with Crippen LogP contribution >= 0.6 is 22.9 Å². The van der Waals surface area contributed by atoms with Crippen LogP contribution in [-0.4, -0.2) is 11.5 Å². The minimum absolute atomic E-state index is 0.177. The maximum Gasteiger partial charge on any atom is 0.234 e. The van der Waals surface area contributed by atoms with Crippen LogP contribution in [0, 0.1) is 18.3 Å². The molecule has 2 aromatic carbocycles. The number of rotatable bonds is 5. The molecule has 0 bridgehead atoms. The zero-order valence-electron chi connectivity index (χ0n) is 15.2. The van der Waals surface area contributed by atoms with Gasteiger partial charge in [-0.1, -0.05) is 37.6 Å². The van der Waals surface area contributed by atoms with Crippen molar-refractivity contribution in [2.45, 2.75) is 26.7 Å². The summed E-state index contributed by atoms with van der Waals surface area (Å²) in [4.78, 5) is 13.3. The molecular formula is C21H18ClN3OS. The molecule has 6 heteroatoms. The second kappa shape index (κ2) is 7.91. The van der Waals surface area contributed by atoms with Crippen LogP contribution in [0.5, 0.6) is 0 Å². The molecule has 4 nitrogen and oxygen atoms in total. The molecule has 0 saturated heterocycles. The highest BCUT2D eigenvalue weighted by molar-refractivity contribution is 7.21. The lowest BCUT2D eigenvalue weighted by Gasteiger charge is -2.06. The monoisotopic (exact) mass is 395 g/mol. The molecule has 3 aromatic rings. The molecule has 0 aliphatic carbocycles. The van der Waals surface area contributed by atoms with Gasteiger partial charge < -0.3 is 0 Å². The Hall–Kier alpha value is -2.68. The smallest absolute Gasteiger partial charge is 0.234 e. The van der Waals surface area contributed by atoms with Gasteiger partial charge in [0.2, 0.25) is 11.5 Å². The minimum Gasteiger partial charge on any atom is -0.285 e. The lowest BCUT2D eigenvalue weighted by Crippen LogP contribution is -2.14. The molecule has 3 rings (SSSR count). The van der Waals surface area contributed by atoms with E-state index in [0.29, 0.717) is 15.8 Å². The third kappa shape index (κ3) is 4.02. The van der Waals surface area contributed by atoms with Crippen LogP contribution in [0.3, 0.4) is 0 Å². The number of thiophene rings is 1. The molecule has 136 valence electrons. The number of halogens is 1. The molecule has 0 radical (unpaired) electrons. The van der Waals surface area contributed by atoms with Crippen molar-refractivity contribution in [3.05, 3.63) is 63.5 Å². The zero-order chi connectivity index (χ0) is 19.6. The second-order valence-electron chi connectivity index (χ2n) is 6.49. The van der Waals surface area contributed by atoms with Crippen molar-refractivity contribution in [1.82, 2.24) is 0 Å². The highest BCUT2D eigenvalue weighted by Crippen LogP contribution is 2.33. The fraction of sp³-hybridized carbons (Fsp3) is 0.190. The van der Waals surface area contributed by atoms with E-state index in [-0.39, 0.29) is 5.71 Å². The van der Waals surface area contributed by atoms with E-state index in [2.05, 4.69) is 24.4 Å². The predicted molar refractivity (Wildman–Crippen MR) is 113 cm³/mol. The van der Waals surface area contributed by atoms with Gasteiger partial charge >= 0.3 is 0 Å². The molecule has 27 heavy (non-hydrogen) atoms. The number of nitriles is 1. The Morgan fingerprint density at radius 2 is 1.93 bits per heavy atom. The lowest BCUT2D eigenvalue weighted by atomic mass is 10.0. The fourth-order valence-corrected chi connectivity index (χ4v) is 4.01. The summed E-state index contributed by atoms with van der Waals surface area (Å²) in [5.41, 5.74) is 5.37. The largest absolute Gasteiger partial charge is 0.285 e. The number of aryl methyl sites for hydroxylation is 1. The molecule has 0 saturated carbocycles. The van der Waals surface area contributed by atoms with Crippen LogP contribution in [0.1, 0.15) is 40.6 Å². The van der Waals surface area contributed by atoms with Crippen LogP contribution in [-0.2, 0) is 0 Å². The molecule has 1 N–H and O–H groups in total. The van der Waals surface area contributed by atoms with Gasteiger partial charge in [0, 0.05) is 9.72 Å². The first kappa shape index (κ1) is 19.1. The summed E-state index contributed by atoms with van der Waals surface area (Å²) >= 11 is 7.39. The summed E-state index contributed by atoms with van der Waals surface area (Å²) in [6, 6.07) is 15.2. The third-order valence-electron chi connectivity index (χ3n) is 4.30. The Kier molecular flexibility index (Phi) is 5.59. The van der Waals surface area contributed by atoms with E-state index in [4.69, 9.17) is 11.6 Å². The Morgan fingerprint density at radius 3 is 2.56 bits per heavy atom. The number of hydrogen-bond acceptors (Lipinski definition) is 5. The third-order valence-corrected chi connectivity index (χ3v) is 5.81. The molecule has 1 aromatic heterocycles. The minimum atomic E-state index is -0.390. The predicted octanol–water partition coefficient (Wildman–Crippen LogP) is 6.16. The Labute approximate surface area is 167 Å². The molecule has 0 unspecified atom stereocenters. The molecule has 0 atom stereocenters. The Balaban J connectivity index is 1.87. The van der Waals surface area contributed by atoms with Crippen LogP contribution in [0.15, 0.2) is 47.6 Å². The van der Waals surface area contributed by atoms with Gasteiger partial charge in [-0.05, 0) is 59.7 Å². The van der Waals surface area contributed by atoms with Gasteiger partial charge in [0.1, 0.15) is 6.07 Å². The van der Waals surface area contributed by atoms with Crippen molar-refractivity contribution in [1.29, 1.82) is 5.26 Å². The molecule has 0 fully saturated rings. The van der Waals surface area contributed by atoms with Crippen LogP contribution in [0.2, 0.25) is 5.02 Å². The van der Waals surface area contributed by atoms with Crippen molar-refractivity contribution >= 4 is 50.2 Å². The number of Topliss-reactive ketones (excluding diaryl/α,β-unsaturated/α-hetero) is 1. The molecule has 1 heterocycles. The van der Waals surface area contributed by atoms with Crippen molar-refractivity contribution < 1.29 is 4.79 Å². The summed E-state index contributed by atoms with van der Waals surface area (Å²) in [6.07, 6.45) is 0. The number of carbonyl (C=O) groups excluding carboxylic acids is 1. The number of nitrogens with zero attached hydrogens (tertiary/aromatic N) is 2. The lowest BCUT2D eigenvalue weighted by molar-refractivity contribution is 0.107. The van der Waals surface area contributed by atoms with E-state index in [1.165, 1.54) is 16.9 Å². The topological polar surface area (TPSA) is 65.2 Å². The normalized spacial score (nSPS) is 11.6. The van der Waals surface area contributed by atoms with E-state index >= 15 is 0 Å². The highest BCUT2D eigenvalue weighted by Gasteiger charge is 2.21. The molecule has 0 aliphatic rings. The summed E-state index contributed by atoms with van der Waals surface area (Å²) in [5.74, 6) is 0.0434. The molecule has 0 aliphatic heterocycles. The van der Waals surface area contributed by atoms with Crippen molar-refractivity contribution in [2.24, 2.45) is 5.10 Å². The van der Waals surface area contributed by atoms with Gasteiger partial charge in [-0.15, -0.1) is 11.3 Å². The number of carbonyl (C=O) groups is 1. The fourth-order valence-electron chi connectivity index (χ4n) is 2.71. The summed E-state index contributed by atoms with van der Waals surface area (Å²) in [6.45, 7) is 6.09. The number of ketones is 1. The standard InChI is InChI=1S/C21H18ClN3OS/c1-12(2)14-4-7-16(8-5-14)24-25-18(11-23)20(26)21-13(3)17-10-15(22)6-9-19(17)27-21/h4-10,12,24H,1-3H3. The van der Waals surface area contributed by atoms with Gasteiger partial charge in [-0.2, -0.15) is 10.4 Å².